The summed E-state index contributed by atoms with van der Waals surface area (Å²) in [6.45, 7) is 0.672. The minimum absolute atomic E-state index is 0.140. The number of anilines is 1. The number of hydrogen-bond acceptors (Lipinski definition) is 5. The summed E-state index contributed by atoms with van der Waals surface area (Å²) in [5.41, 5.74) is 1.22. The molecule has 132 valence electrons. The Kier molecular flexibility index (Phi) is 4.99. The Morgan fingerprint density at radius 3 is 2.76 bits per heavy atom. The molecule has 0 fully saturated rings. The molecule has 9 heteroatoms. The molecule has 0 aliphatic heterocycles. The third-order valence-corrected chi connectivity index (χ3v) is 4.55. The highest BCUT2D eigenvalue weighted by Gasteiger charge is 2.16. The van der Waals surface area contributed by atoms with Gasteiger partial charge in [-0.25, -0.2) is 0 Å². The number of aromatic nitrogens is 4. The number of halogens is 2. The minimum Gasteiger partial charge on any atom is -0.348 e. The third-order valence-electron chi connectivity index (χ3n) is 3.81. The van der Waals surface area contributed by atoms with Crippen LogP contribution in [-0.2, 0) is 7.05 Å². The number of likely N-dealkylation sites (N-methyl/N-ethyl adjacent to an activating group) is 1. The predicted octanol–water partition coefficient (Wildman–Crippen LogP) is 2.68. The van der Waals surface area contributed by atoms with Gasteiger partial charge in [0.2, 0.25) is 5.95 Å². The molecule has 1 aromatic carbocycles. The summed E-state index contributed by atoms with van der Waals surface area (Å²) in [4.78, 5) is 21.5. The maximum atomic E-state index is 12.2. The van der Waals surface area contributed by atoms with E-state index in [-0.39, 0.29) is 11.6 Å². The molecule has 0 saturated heterocycles. The standard InChI is InChI=1S/C16H18Cl2N6O/c1-23(2)8-13(9-4-5-11(17)12(18)6-9)20-16-21-14-10(15(25)22-16)7-19-24(14)3/h4-7,13H,8H2,1-3H3,(H2,20,21,22,25). The molecule has 0 spiro atoms. The van der Waals surface area contributed by atoms with Crippen molar-refractivity contribution in [1.29, 1.82) is 0 Å². The van der Waals surface area contributed by atoms with Crippen LogP contribution in [0.25, 0.3) is 11.0 Å². The van der Waals surface area contributed by atoms with Crippen LogP contribution in [0.15, 0.2) is 29.2 Å². The van der Waals surface area contributed by atoms with E-state index in [4.69, 9.17) is 23.2 Å². The van der Waals surface area contributed by atoms with Gasteiger partial charge in [-0.2, -0.15) is 10.1 Å². The fourth-order valence-electron chi connectivity index (χ4n) is 2.59. The first-order valence-electron chi connectivity index (χ1n) is 7.63. The van der Waals surface area contributed by atoms with E-state index >= 15 is 0 Å². The molecule has 2 N–H and O–H groups in total. The van der Waals surface area contributed by atoms with Crippen molar-refractivity contribution in [3.8, 4) is 0 Å². The van der Waals surface area contributed by atoms with Gasteiger partial charge in [0.15, 0.2) is 5.65 Å². The summed E-state index contributed by atoms with van der Waals surface area (Å²) in [5, 5.41) is 8.77. The number of benzene rings is 1. The van der Waals surface area contributed by atoms with E-state index < -0.39 is 0 Å². The Balaban J connectivity index is 1.99. The summed E-state index contributed by atoms with van der Waals surface area (Å²) >= 11 is 12.2. The van der Waals surface area contributed by atoms with Crippen LogP contribution < -0.4 is 10.9 Å². The van der Waals surface area contributed by atoms with Crippen molar-refractivity contribution in [1.82, 2.24) is 24.6 Å². The minimum atomic E-state index is -0.238. The van der Waals surface area contributed by atoms with Crippen LogP contribution in [0.4, 0.5) is 5.95 Å². The van der Waals surface area contributed by atoms with Crippen LogP contribution in [0.3, 0.4) is 0 Å². The molecule has 0 bridgehead atoms. The molecule has 0 aliphatic rings. The maximum absolute atomic E-state index is 12.2. The molecule has 0 saturated carbocycles. The van der Waals surface area contributed by atoms with Crippen LogP contribution in [0, 0.1) is 0 Å². The van der Waals surface area contributed by atoms with Gasteiger partial charge in [-0.05, 0) is 31.8 Å². The van der Waals surface area contributed by atoms with E-state index in [9.17, 15) is 4.79 Å². The average Bonchev–Trinajstić information content (AvgIpc) is 2.91. The van der Waals surface area contributed by atoms with Crippen molar-refractivity contribution >= 4 is 40.2 Å². The Hall–Kier alpha value is -2.09. The number of rotatable bonds is 5. The second-order valence-corrected chi connectivity index (χ2v) is 6.87. The lowest BCUT2D eigenvalue weighted by Crippen LogP contribution is -2.27. The number of nitrogens with one attached hydrogen (secondary N) is 2. The molecular weight excluding hydrogens is 363 g/mol. The summed E-state index contributed by atoms with van der Waals surface area (Å²) < 4.78 is 1.57. The normalized spacial score (nSPS) is 12.7. The second-order valence-electron chi connectivity index (χ2n) is 6.05. The highest BCUT2D eigenvalue weighted by molar-refractivity contribution is 6.42. The first-order chi connectivity index (χ1) is 11.8. The molecule has 2 heterocycles. The maximum Gasteiger partial charge on any atom is 0.263 e. The molecule has 0 radical (unpaired) electrons. The van der Waals surface area contributed by atoms with Crippen LogP contribution in [0.2, 0.25) is 10.0 Å². The summed E-state index contributed by atoms with van der Waals surface area (Å²) in [6.07, 6.45) is 1.50. The Bertz CT molecular complexity index is 965. The highest BCUT2D eigenvalue weighted by atomic mass is 35.5. The van der Waals surface area contributed by atoms with Gasteiger partial charge < -0.3 is 10.2 Å². The van der Waals surface area contributed by atoms with Crippen molar-refractivity contribution in [3.63, 3.8) is 0 Å². The van der Waals surface area contributed by atoms with Gasteiger partial charge in [0.1, 0.15) is 5.39 Å². The molecule has 7 nitrogen and oxygen atoms in total. The van der Waals surface area contributed by atoms with Gasteiger partial charge in [0, 0.05) is 13.6 Å². The topological polar surface area (TPSA) is 78.8 Å². The van der Waals surface area contributed by atoms with Crippen molar-refractivity contribution in [2.75, 3.05) is 26.0 Å². The van der Waals surface area contributed by atoms with Gasteiger partial charge in [-0.1, -0.05) is 29.3 Å². The number of H-pyrrole nitrogens is 1. The Labute approximate surface area is 154 Å². The number of aryl methyl sites for hydroxylation is 1. The van der Waals surface area contributed by atoms with Crippen molar-refractivity contribution in [2.45, 2.75) is 6.04 Å². The summed E-state index contributed by atoms with van der Waals surface area (Å²) in [6, 6.07) is 5.32. The lowest BCUT2D eigenvalue weighted by atomic mass is 10.1. The number of nitrogens with zero attached hydrogens (tertiary/aromatic N) is 4. The number of aromatic amines is 1. The third kappa shape index (κ3) is 3.78. The second kappa shape index (κ2) is 7.03. The molecule has 3 aromatic rings. The monoisotopic (exact) mass is 380 g/mol. The fourth-order valence-corrected chi connectivity index (χ4v) is 2.90. The van der Waals surface area contributed by atoms with Crippen LogP contribution in [0.5, 0.6) is 0 Å². The number of hydrogen-bond donors (Lipinski definition) is 2. The Morgan fingerprint density at radius 1 is 1.32 bits per heavy atom. The van der Waals surface area contributed by atoms with E-state index in [1.54, 1.807) is 17.8 Å². The van der Waals surface area contributed by atoms with Crippen LogP contribution >= 0.6 is 23.2 Å². The van der Waals surface area contributed by atoms with E-state index in [1.807, 2.05) is 31.1 Å². The van der Waals surface area contributed by atoms with Gasteiger partial charge in [-0.15, -0.1) is 0 Å². The summed E-state index contributed by atoms with van der Waals surface area (Å²) in [7, 11) is 5.67. The van der Waals surface area contributed by atoms with E-state index in [0.29, 0.717) is 33.6 Å². The molecule has 0 aliphatic carbocycles. The highest BCUT2D eigenvalue weighted by Crippen LogP contribution is 2.27. The van der Waals surface area contributed by atoms with Gasteiger partial charge in [0.25, 0.3) is 5.56 Å². The molecule has 2 aromatic heterocycles. The fraction of sp³-hybridized carbons (Fsp3) is 0.312. The number of fused-ring (bicyclic) bond motifs is 1. The van der Waals surface area contributed by atoms with E-state index in [1.165, 1.54) is 6.20 Å². The first kappa shape index (κ1) is 17.7. The summed E-state index contributed by atoms with van der Waals surface area (Å²) in [5.74, 6) is 0.374. The van der Waals surface area contributed by atoms with Gasteiger partial charge in [-0.3, -0.25) is 14.5 Å². The zero-order valence-electron chi connectivity index (χ0n) is 14.0. The lowest BCUT2D eigenvalue weighted by Gasteiger charge is -2.23. The smallest absolute Gasteiger partial charge is 0.263 e. The molecule has 0 amide bonds. The van der Waals surface area contributed by atoms with Crippen LogP contribution in [0.1, 0.15) is 11.6 Å². The lowest BCUT2D eigenvalue weighted by molar-refractivity contribution is 0.386. The molecule has 3 rings (SSSR count). The zero-order valence-corrected chi connectivity index (χ0v) is 15.6. The SMILES string of the molecule is CN(C)CC(Nc1nc2c(cnn2C)c(=O)[nH]1)c1ccc(Cl)c(Cl)c1. The van der Waals surface area contributed by atoms with E-state index in [0.717, 1.165) is 5.56 Å². The van der Waals surface area contributed by atoms with Gasteiger partial charge in [0.05, 0.1) is 22.3 Å². The largest absolute Gasteiger partial charge is 0.348 e. The van der Waals surface area contributed by atoms with Crippen LogP contribution in [-0.4, -0.2) is 45.3 Å². The Morgan fingerprint density at radius 2 is 2.08 bits per heavy atom. The zero-order chi connectivity index (χ0) is 18.1. The van der Waals surface area contributed by atoms with Gasteiger partial charge >= 0.3 is 0 Å². The van der Waals surface area contributed by atoms with Crippen molar-refractivity contribution in [2.24, 2.45) is 7.05 Å². The van der Waals surface area contributed by atoms with Crippen molar-refractivity contribution in [3.05, 3.63) is 50.4 Å². The van der Waals surface area contributed by atoms with E-state index in [2.05, 4.69) is 20.4 Å². The first-order valence-corrected chi connectivity index (χ1v) is 8.39. The molecule has 25 heavy (non-hydrogen) atoms. The predicted molar refractivity (Wildman–Crippen MR) is 101 cm³/mol. The van der Waals surface area contributed by atoms with Crippen molar-refractivity contribution < 1.29 is 0 Å². The molecule has 1 unspecified atom stereocenters. The molecule has 1 atom stereocenters. The molecular formula is C16H18Cl2N6O. The average molecular weight is 381 g/mol. The quantitative estimate of drug-likeness (QED) is 0.711.